The molecule has 2 rings (SSSR count). The first-order chi connectivity index (χ1) is 5.40. The number of fused-ring (bicyclic) bond motifs is 1. The van der Waals surface area contributed by atoms with Crippen LogP contribution in [0.15, 0.2) is 18.2 Å². The standard InChI is InChI=1S/C8H7N2S/c1-9-8-10-6-4-2-3-5-7(6)11-8/h2,4-5H,1H3,(H,9,10). The highest BCUT2D eigenvalue weighted by atomic mass is 32.1. The maximum absolute atomic E-state index is 4.32. The van der Waals surface area contributed by atoms with Gasteiger partial charge in [0.05, 0.1) is 10.2 Å². The minimum Gasteiger partial charge on any atom is -0.365 e. The molecule has 3 heteroatoms. The van der Waals surface area contributed by atoms with E-state index in [9.17, 15) is 0 Å². The summed E-state index contributed by atoms with van der Waals surface area (Å²) in [6.45, 7) is 0. The van der Waals surface area contributed by atoms with Gasteiger partial charge in [0.15, 0.2) is 5.13 Å². The van der Waals surface area contributed by atoms with Gasteiger partial charge in [-0.2, -0.15) is 0 Å². The second-order valence-electron chi connectivity index (χ2n) is 2.16. The fraction of sp³-hybridized carbons (Fsp3) is 0.125. The molecule has 11 heavy (non-hydrogen) atoms. The van der Waals surface area contributed by atoms with Crippen LogP contribution in [-0.4, -0.2) is 12.0 Å². The van der Waals surface area contributed by atoms with Gasteiger partial charge in [0, 0.05) is 7.05 Å². The predicted molar refractivity (Wildman–Crippen MR) is 48.0 cm³/mol. The number of nitrogens with one attached hydrogen (secondary N) is 1. The van der Waals surface area contributed by atoms with Crippen LogP contribution < -0.4 is 5.32 Å². The summed E-state index contributed by atoms with van der Waals surface area (Å²) in [6.07, 6.45) is 0. The normalized spacial score (nSPS) is 10.3. The third-order valence-corrected chi connectivity index (χ3v) is 2.48. The molecule has 0 fully saturated rings. The summed E-state index contributed by atoms with van der Waals surface area (Å²) >= 11 is 1.64. The topological polar surface area (TPSA) is 24.9 Å². The van der Waals surface area contributed by atoms with Crippen molar-refractivity contribution in [3.63, 3.8) is 0 Å². The summed E-state index contributed by atoms with van der Waals surface area (Å²) in [5.74, 6) is 0. The molecule has 1 aromatic carbocycles. The fourth-order valence-electron chi connectivity index (χ4n) is 0.924. The molecule has 2 nitrogen and oxygen atoms in total. The Morgan fingerprint density at radius 3 is 3.27 bits per heavy atom. The number of anilines is 1. The van der Waals surface area contributed by atoms with E-state index in [1.54, 1.807) is 11.3 Å². The summed E-state index contributed by atoms with van der Waals surface area (Å²) in [5, 5.41) is 3.97. The third-order valence-electron chi connectivity index (χ3n) is 1.45. The lowest BCUT2D eigenvalue weighted by molar-refractivity contribution is 1.41. The molecule has 0 atom stereocenters. The number of hydrogen-bond donors (Lipinski definition) is 1. The van der Waals surface area contributed by atoms with E-state index in [1.807, 2.05) is 25.2 Å². The van der Waals surface area contributed by atoms with Crippen LogP contribution in [0.4, 0.5) is 5.13 Å². The molecular weight excluding hydrogens is 156 g/mol. The summed E-state index contributed by atoms with van der Waals surface area (Å²) in [6, 6.07) is 8.81. The minimum absolute atomic E-state index is 0.958. The largest absolute Gasteiger partial charge is 0.365 e. The van der Waals surface area contributed by atoms with Crippen LogP contribution in [0.25, 0.3) is 10.2 Å². The van der Waals surface area contributed by atoms with Crippen molar-refractivity contribution in [1.82, 2.24) is 4.98 Å². The molecular formula is C8H7N2S. The highest BCUT2D eigenvalue weighted by Gasteiger charge is 1.98. The van der Waals surface area contributed by atoms with E-state index < -0.39 is 0 Å². The Morgan fingerprint density at radius 1 is 1.64 bits per heavy atom. The van der Waals surface area contributed by atoms with Crippen LogP contribution in [-0.2, 0) is 0 Å². The van der Waals surface area contributed by atoms with Gasteiger partial charge in [-0.3, -0.25) is 0 Å². The predicted octanol–water partition coefficient (Wildman–Crippen LogP) is 2.14. The molecule has 0 aliphatic carbocycles. The van der Waals surface area contributed by atoms with E-state index in [1.165, 1.54) is 4.70 Å². The Kier molecular flexibility index (Phi) is 1.51. The molecule has 0 spiro atoms. The Morgan fingerprint density at radius 2 is 2.55 bits per heavy atom. The van der Waals surface area contributed by atoms with Gasteiger partial charge in [-0.25, -0.2) is 4.98 Å². The van der Waals surface area contributed by atoms with Crippen LogP contribution in [0.3, 0.4) is 0 Å². The van der Waals surface area contributed by atoms with Crippen LogP contribution >= 0.6 is 11.3 Å². The van der Waals surface area contributed by atoms with E-state index in [4.69, 9.17) is 0 Å². The first-order valence-electron chi connectivity index (χ1n) is 3.34. The second kappa shape index (κ2) is 2.51. The average Bonchev–Trinajstić information content (AvgIpc) is 2.46. The lowest BCUT2D eigenvalue weighted by atomic mass is 10.3. The van der Waals surface area contributed by atoms with Crippen molar-refractivity contribution < 1.29 is 0 Å². The van der Waals surface area contributed by atoms with Gasteiger partial charge < -0.3 is 5.32 Å². The first kappa shape index (κ1) is 6.61. The molecule has 0 amide bonds. The lowest BCUT2D eigenvalue weighted by Gasteiger charge is -1.84. The van der Waals surface area contributed by atoms with Crippen molar-refractivity contribution in [2.24, 2.45) is 0 Å². The smallest absolute Gasteiger partial charge is 0.183 e. The van der Waals surface area contributed by atoms with Gasteiger partial charge in [0.25, 0.3) is 0 Å². The number of benzene rings is 1. The van der Waals surface area contributed by atoms with E-state index >= 15 is 0 Å². The lowest BCUT2D eigenvalue weighted by Crippen LogP contribution is -1.83. The van der Waals surface area contributed by atoms with Crippen molar-refractivity contribution in [3.8, 4) is 0 Å². The minimum atomic E-state index is 0.958. The fourth-order valence-corrected chi connectivity index (χ4v) is 1.72. The highest BCUT2D eigenvalue weighted by Crippen LogP contribution is 2.24. The Bertz CT molecular complexity index is 334. The van der Waals surface area contributed by atoms with Crippen LogP contribution in [0.5, 0.6) is 0 Å². The van der Waals surface area contributed by atoms with Crippen molar-refractivity contribution in [1.29, 1.82) is 0 Å². The number of thiazole rings is 1. The first-order valence-corrected chi connectivity index (χ1v) is 4.16. The molecule has 1 aromatic heterocycles. The third kappa shape index (κ3) is 1.07. The van der Waals surface area contributed by atoms with Gasteiger partial charge in [0.2, 0.25) is 0 Å². The van der Waals surface area contributed by atoms with Gasteiger partial charge in [-0.05, 0) is 18.2 Å². The van der Waals surface area contributed by atoms with Crippen LogP contribution in [0.2, 0.25) is 0 Å². The average molecular weight is 163 g/mol. The van der Waals surface area contributed by atoms with Crippen LogP contribution in [0.1, 0.15) is 0 Å². The zero-order valence-corrected chi connectivity index (χ0v) is 6.90. The maximum Gasteiger partial charge on any atom is 0.183 e. The zero-order chi connectivity index (χ0) is 7.68. The molecule has 0 unspecified atom stereocenters. The molecule has 0 aliphatic rings. The molecule has 0 saturated carbocycles. The summed E-state index contributed by atoms with van der Waals surface area (Å²) in [7, 11) is 1.88. The Balaban J connectivity index is 2.69. The summed E-state index contributed by atoms with van der Waals surface area (Å²) in [4.78, 5) is 4.32. The van der Waals surface area contributed by atoms with Gasteiger partial charge >= 0.3 is 0 Å². The number of nitrogens with zero attached hydrogens (tertiary/aromatic N) is 1. The van der Waals surface area contributed by atoms with Gasteiger partial charge in [-0.1, -0.05) is 17.4 Å². The molecule has 1 heterocycles. The molecule has 55 valence electrons. The number of aromatic nitrogens is 1. The van der Waals surface area contributed by atoms with Crippen molar-refractivity contribution in [2.75, 3.05) is 12.4 Å². The summed E-state index contributed by atoms with van der Waals surface area (Å²) < 4.78 is 1.18. The van der Waals surface area contributed by atoms with Crippen molar-refractivity contribution in [2.45, 2.75) is 0 Å². The molecule has 0 saturated heterocycles. The van der Waals surface area contributed by atoms with Crippen LogP contribution in [0, 0.1) is 6.07 Å². The SMILES string of the molecule is CNc1nc2cc[c]cc2s1. The Labute approximate surface area is 68.9 Å². The van der Waals surface area contributed by atoms with E-state index in [-0.39, 0.29) is 0 Å². The molecule has 0 aliphatic heterocycles. The van der Waals surface area contributed by atoms with E-state index in [0.717, 1.165) is 10.6 Å². The maximum atomic E-state index is 4.32. The van der Waals surface area contributed by atoms with E-state index in [2.05, 4.69) is 16.4 Å². The second-order valence-corrected chi connectivity index (χ2v) is 3.19. The molecule has 1 N–H and O–H groups in total. The monoisotopic (exact) mass is 163 g/mol. The quantitative estimate of drug-likeness (QED) is 0.696. The summed E-state index contributed by atoms with van der Waals surface area (Å²) in [5.41, 5.74) is 1.04. The van der Waals surface area contributed by atoms with E-state index in [0.29, 0.717) is 0 Å². The highest BCUT2D eigenvalue weighted by molar-refractivity contribution is 7.22. The molecule has 1 radical (unpaired) electrons. The van der Waals surface area contributed by atoms with Crippen molar-refractivity contribution in [3.05, 3.63) is 24.3 Å². The van der Waals surface area contributed by atoms with Gasteiger partial charge in [0.1, 0.15) is 0 Å². The number of hydrogen-bond acceptors (Lipinski definition) is 3. The zero-order valence-electron chi connectivity index (χ0n) is 6.09. The molecule has 2 aromatic rings. The Hall–Kier alpha value is -1.09. The molecule has 0 bridgehead atoms. The van der Waals surface area contributed by atoms with Gasteiger partial charge in [-0.15, -0.1) is 0 Å². The van der Waals surface area contributed by atoms with Crippen molar-refractivity contribution >= 4 is 26.7 Å². The number of rotatable bonds is 1.